The highest BCUT2D eigenvalue weighted by Crippen LogP contribution is 2.24. The summed E-state index contributed by atoms with van der Waals surface area (Å²) in [6.07, 6.45) is 0. The van der Waals surface area contributed by atoms with E-state index < -0.39 is 11.9 Å². The zero-order valence-electron chi connectivity index (χ0n) is 11.5. The molecule has 1 rings (SSSR count). The Morgan fingerprint density at radius 3 is 2.40 bits per heavy atom. The van der Waals surface area contributed by atoms with Crippen molar-refractivity contribution in [3.05, 3.63) is 10.6 Å². The topological polar surface area (TPSA) is 94.6 Å². The number of aromatic nitrogens is 1. The van der Waals surface area contributed by atoms with Gasteiger partial charge in [-0.25, -0.2) is 9.78 Å². The molecular formula is C12H16N2O5S. The van der Waals surface area contributed by atoms with E-state index in [2.05, 4.69) is 10.3 Å². The van der Waals surface area contributed by atoms with Crippen LogP contribution in [-0.2, 0) is 14.3 Å². The van der Waals surface area contributed by atoms with Gasteiger partial charge in [0.2, 0.25) is 0 Å². The molecule has 7 nitrogen and oxygen atoms in total. The van der Waals surface area contributed by atoms with Crippen LogP contribution in [0.4, 0.5) is 5.13 Å². The Kier molecular flexibility index (Phi) is 6.10. The standard InChI is InChI=1S/C12H16N2O5S/c1-4-18-8(16)6-13-12-14-9(11(17)19-5-2)10(20-12)7(3)15/h4-6H2,1-3H3,(H,13,14). The second-order valence-electron chi connectivity index (χ2n) is 3.63. The van der Waals surface area contributed by atoms with E-state index in [0.29, 0.717) is 5.13 Å². The SMILES string of the molecule is CCOC(=O)CNc1nc(C(=O)OCC)c(C(C)=O)s1. The Morgan fingerprint density at radius 2 is 1.85 bits per heavy atom. The number of anilines is 1. The summed E-state index contributed by atoms with van der Waals surface area (Å²) < 4.78 is 9.58. The van der Waals surface area contributed by atoms with Crippen molar-refractivity contribution >= 4 is 34.2 Å². The number of nitrogens with one attached hydrogen (secondary N) is 1. The van der Waals surface area contributed by atoms with Gasteiger partial charge in [0.05, 0.1) is 13.2 Å². The van der Waals surface area contributed by atoms with Crippen molar-refractivity contribution in [1.82, 2.24) is 4.98 Å². The number of Topliss-reactive ketones (excluding diaryl/α,β-unsaturated/α-hetero) is 1. The predicted octanol–water partition coefficient (Wildman–Crippen LogP) is 1.50. The van der Waals surface area contributed by atoms with E-state index in [9.17, 15) is 14.4 Å². The molecule has 0 aliphatic heterocycles. The van der Waals surface area contributed by atoms with Crippen LogP contribution in [-0.4, -0.2) is 42.5 Å². The number of carbonyl (C=O) groups excluding carboxylic acids is 3. The molecule has 0 saturated heterocycles. The maximum Gasteiger partial charge on any atom is 0.358 e. The van der Waals surface area contributed by atoms with E-state index in [1.165, 1.54) is 6.92 Å². The number of nitrogens with zero attached hydrogens (tertiary/aromatic N) is 1. The molecule has 1 aromatic heterocycles. The van der Waals surface area contributed by atoms with Crippen LogP contribution in [0.5, 0.6) is 0 Å². The van der Waals surface area contributed by atoms with Gasteiger partial charge in [-0.1, -0.05) is 11.3 Å². The molecule has 0 spiro atoms. The van der Waals surface area contributed by atoms with E-state index in [1.54, 1.807) is 13.8 Å². The summed E-state index contributed by atoms with van der Waals surface area (Å²) >= 11 is 1.00. The van der Waals surface area contributed by atoms with Crippen LogP contribution < -0.4 is 5.32 Å². The van der Waals surface area contributed by atoms with Crippen LogP contribution in [0.25, 0.3) is 0 Å². The van der Waals surface area contributed by atoms with Gasteiger partial charge in [-0.2, -0.15) is 0 Å². The molecule has 8 heteroatoms. The maximum atomic E-state index is 11.7. The summed E-state index contributed by atoms with van der Waals surface area (Å²) in [7, 11) is 0. The summed E-state index contributed by atoms with van der Waals surface area (Å²) in [5.74, 6) is -1.38. The molecule has 1 aromatic rings. The normalized spacial score (nSPS) is 9.95. The van der Waals surface area contributed by atoms with Gasteiger partial charge >= 0.3 is 11.9 Å². The lowest BCUT2D eigenvalue weighted by Crippen LogP contribution is -2.16. The first kappa shape index (κ1) is 16.1. The molecule has 1 N–H and O–H groups in total. The molecule has 110 valence electrons. The Morgan fingerprint density at radius 1 is 1.20 bits per heavy atom. The molecule has 0 fully saturated rings. The number of ether oxygens (including phenoxy) is 2. The molecule has 0 atom stereocenters. The number of thiazole rings is 1. The average molecular weight is 300 g/mol. The fourth-order valence-electron chi connectivity index (χ4n) is 1.33. The molecule has 0 bridgehead atoms. The largest absolute Gasteiger partial charge is 0.465 e. The third kappa shape index (κ3) is 4.30. The first-order chi connectivity index (χ1) is 9.49. The zero-order chi connectivity index (χ0) is 15.1. The molecule has 0 aromatic carbocycles. The second-order valence-corrected chi connectivity index (χ2v) is 4.63. The molecular weight excluding hydrogens is 284 g/mol. The van der Waals surface area contributed by atoms with Crippen LogP contribution >= 0.6 is 11.3 Å². The highest BCUT2D eigenvalue weighted by molar-refractivity contribution is 7.17. The van der Waals surface area contributed by atoms with Gasteiger partial charge in [0.15, 0.2) is 16.6 Å². The molecule has 0 radical (unpaired) electrons. The first-order valence-electron chi connectivity index (χ1n) is 6.07. The summed E-state index contributed by atoms with van der Waals surface area (Å²) in [4.78, 5) is 38.5. The van der Waals surface area contributed by atoms with Gasteiger partial charge in [0.25, 0.3) is 0 Å². The smallest absolute Gasteiger partial charge is 0.358 e. The molecule has 0 aliphatic rings. The fourth-order valence-corrected chi connectivity index (χ4v) is 2.18. The van der Waals surface area contributed by atoms with Crippen molar-refractivity contribution in [2.75, 3.05) is 25.1 Å². The first-order valence-corrected chi connectivity index (χ1v) is 6.89. The van der Waals surface area contributed by atoms with Crippen LogP contribution in [0, 0.1) is 0 Å². The zero-order valence-corrected chi connectivity index (χ0v) is 12.3. The van der Waals surface area contributed by atoms with Crippen molar-refractivity contribution in [3.63, 3.8) is 0 Å². The van der Waals surface area contributed by atoms with Gasteiger partial charge < -0.3 is 14.8 Å². The van der Waals surface area contributed by atoms with Gasteiger partial charge in [-0.3, -0.25) is 9.59 Å². The Bertz CT molecular complexity index is 512. The maximum absolute atomic E-state index is 11.7. The Hall–Kier alpha value is -1.96. The van der Waals surface area contributed by atoms with Gasteiger partial charge in [-0.15, -0.1) is 0 Å². The second kappa shape index (κ2) is 7.59. The minimum absolute atomic E-state index is 0.0318. The summed E-state index contributed by atoms with van der Waals surface area (Å²) in [5.41, 5.74) is -0.0318. The van der Waals surface area contributed by atoms with Gasteiger partial charge in [-0.05, 0) is 13.8 Å². The van der Waals surface area contributed by atoms with Crippen LogP contribution in [0.1, 0.15) is 40.9 Å². The number of hydrogen-bond acceptors (Lipinski definition) is 8. The molecule has 0 aliphatic carbocycles. The van der Waals surface area contributed by atoms with E-state index in [0.717, 1.165) is 11.3 Å². The van der Waals surface area contributed by atoms with Crippen molar-refractivity contribution in [2.45, 2.75) is 20.8 Å². The number of ketones is 1. The number of rotatable bonds is 7. The predicted molar refractivity (Wildman–Crippen MR) is 73.2 cm³/mol. The monoisotopic (exact) mass is 300 g/mol. The van der Waals surface area contributed by atoms with Gasteiger partial charge in [0, 0.05) is 6.92 Å². The van der Waals surface area contributed by atoms with Crippen molar-refractivity contribution in [2.24, 2.45) is 0 Å². The summed E-state index contributed by atoms with van der Waals surface area (Å²) in [6.45, 7) is 5.10. The van der Waals surface area contributed by atoms with Crippen LogP contribution in [0.2, 0.25) is 0 Å². The lowest BCUT2D eigenvalue weighted by atomic mass is 10.3. The third-order valence-electron chi connectivity index (χ3n) is 2.10. The minimum atomic E-state index is -0.655. The van der Waals surface area contributed by atoms with E-state index >= 15 is 0 Å². The van der Waals surface area contributed by atoms with Gasteiger partial charge in [0.1, 0.15) is 11.4 Å². The number of carbonyl (C=O) groups is 3. The molecule has 20 heavy (non-hydrogen) atoms. The van der Waals surface area contributed by atoms with Crippen molar-refractivity contribution in [1.29, 1.82) is 0 Å². The summed E-state index contributed by atoms with van der Waals surface area (Å²) in [6, 6.07) is 0. The highest BCUT2D eigenvalue weighted by atomic mass is 32.1. The van der Waals surface area contributed by atoms with E-state index in [-0.39, 0.29) is 36.1 Å². The lowest BCUT2D eigenvalue weighted by Gasteiger charge is -2.01. The lowest BCUT2D eigenvalue weighted by molar-refractivity contribution is -0.140. The summed E-state index contributed by atoms with van der Waals surface area (Å²) in [5, 5.41) is 3.01. The minimum Gasteiger partial charge on any atom is -0.465 e. The Balaban J connectivity index is 2.84. The van der Waals surface area contributed by atoms with Crippen molar-refractivity contribution < 1.29 is 23.9 Å². The molecule has 1 heterocycles. The molecule has 0 unspecified atom stereocenters. The Labute approximate surface area is 120 Å². The average Bonchev–Trinajstić information content (AvgIpc) is 2.81. The number of esters is 2. The quantitative estimate of drug-likeness (QED) is 0.602. The highest BCUT2D eigenvalue weighted by Gasteiger charge is 2.22. The molecule has 0 amide bonds. The van der Waals surface area contributed by atoms with E-state index in [4.69, 9.17) is 9.47 Å². The third-order valence-corrected chi connectivity index (χ3v) is 3.22. The molecule has 0 saturated carbocycles. The van der Waals surface area contributed by atoms with E-state index in [1.807, 2.05) is 0 Å². The van der Waals surface area contributed by atoms with Crippen LogP contribution in [0.15, 0.2) is 0 Å². The van der Waals surface area contributed by atoms with Crippen molar-refractivity contribution in [3.8, 4) is 0 Å². The number of hydrogen-bond donors (Lipinski definition) is 1. The fraction of sp³-hybridized carbons (Fsp3) is 0.500. The van der Waals surface area contributed by atoms with Crippen LogP contribution in [0.3, 0.4) is 0 Å².